The van der Waals surface area contributed by atoms with Gasteiger partial charge in [-0.25, -0.2) is 0 Å². The number of hydrogen-bond acceptors (Lipinski definition) is 2. The van der Waals surface area contributed by atoms with Crippen LogP contribution in [0.3, 0.4) is 0 Å². The van der Waals surface area contributed by atoms with Crippen molar-refractivity contribution in [3.8, 4) is 0 Å². The lowest BCUT2D eigenvalue weighted by Crippen LogP contribution is -2.40. The molecule has 2 rings (SSSR count). The summed E-state index contributed by atoms with van der Waals surface area (Å²) in [7, 11) is 0. The smallest absolute Gasteiger partial charge is 0.0950 e. The Hall–Kier alpha value is -0.570. The molecule has 14 heavy (non-hydrogen) atoms. The van der Waals surface area contributed by atoms with Gasteiger partial charge in [0.1, 0.15) is 0 Å². The van der Waals surface area contributed by atoms with Crippen molar-refractivity contribution in [3.63, 3.8) is 0 Å². The molecular formula is C11H14ClNO. The monoisotopic (exact) mass is 211 g/mol. The summed E-state index contributed by atoms with van der Waals surface area (Å²) in [6.07, 6.45) is 0.170. The van der Waals surface area contributed by atoms with E-state index in [-0.39, 0.29) is 6.10 Å². The predicted octanol–water partition coefficient (Wildman–Crippen LogP) is 2.39. The molecule has 0 unspecified atom stereocenters. The van der Waals surface area contributed by atoms with Gasteiger partial charge in [0.15, 0.2) is 0 Å². The molecule has 1 N–H and O–H groups in total. The van der Waals surface area contributed by atoms with Gasteiger partial charge in [0, 0.05) is 17.6 Å². The standard InChI is InChI=1S/C11H14ClNO/c1-8-7-14-11(6-13-8)9-2-4-10(12)5-3-9/h2-5,8,11,13H,6-7H2,1H3/t8-,11-/m1/s1. The zero-order chi connectivity index (χ0) is 9.97. The Morgan fingerprint density at radius 3 is 2.64 bits per heavy atom. The minimum absolute atomic E-state index is 0.170. The summed E-state index contributed by atoms with van der Waals surface area (Å²) in [5.41, 5.74) is 1.19. The van der Waals surface area contributed by atoms with Crippen LogP contribution in [0.1, 0.15) is 18.6 Å². The van der Waals surface area contributed by atoms with Crippen LogP contribution in [-0.4, -0.2) is 19.2 Å². The number of ether oxygens (including phenoxy) is 1. The number of benzene rings is 1. The Morgan fingerprint density at radius 1 is 1.36 bits per heavy atom. The van der Waals surface area contributed by atoms with Crippen LogP contribution in [0.4, 0.5) is 0 Å². The lowest BCUT2D eigenvalue weighted by molar-refractivity contribution is 0.00695. The lowest BCUT2D eigenvalue weighted by atomic mass is 10.1. The fourth-order valence-electron chi connectivity index (χ4n) is 1.58. The maximum Gasteiger partial charge on any atom is 0.0950 e. The van der Waals surface area contributed by atoms with Gasteiger partial charge in [-0.05, 0) is 24.6 Å². The fraction of sp³-hybridized carbons (Fsp3) is 0.455. The quantitative estimate of drug-likeness (QED) is 0.770. The largest absolute Gasteiger partial charge is 0.371 e. The van der Waals surface area contributed by atoms with Crippen molar-refractivity contribution in [3.05, 3.63) is 34.9 Å². The summed E-state index contributed by atoms with van der Waals surface area (Å²) in [5.74, 6) is 0. The summed E-state index contributed by atoms with van der Waals surface area (Å²) in [6.45, 7) is 3.77. The maximum atomic E-state index is 5.82. The van der Waals surface area contributed by atoms with Crippen molar-refractivity contribution >= 4 is 11.6 Å². The van der Waals surface area contributed by atoms with E-state index in [9.17, 15) is 0 Å². The Kier molecular flexibility index (Phi) is 3.06. The van der Waals surface area contributed by atoms with E-state index >= 15 is 0 Å². The van der Waals surface area contributed by atoms with Crippen LogP contribution in [0.25, 0.3) is 0 Å². The second kappa shape index (κ2) is 4.30. The summed E-state index contributed by atoms with van der Waals surface area (Å²) >= 11 is 5.82. The van der Waals surface area contributed by atoms with Crippen molar-refractivity contribution in [2.24, 2.45) is 0 Å². The number of rotatable bonds is 1. The van der Waals surface area contributed by atoms with Gasteiger partial charge in [-0.3, -0.25) is 0 Å². The molecule has 0 radical (unpaired) electrons. The highest BCUT2D eigenvalue weighted by Gasteiger charge is 2.18. The molecule has 0 aromatic heterocycles. The highest BCUT2D eigenvalue weighted by atomic mass is 35.5. The minimum atomic E-state index is 0.170. The van der Waals surface area contributed by atoms with E-state index in [1.807, 2.05) is 24.3 Å². The van der Waals surface area contributed by atoms with Gasteiger partial charge in [-0.2, -0.15) is 0 Å². The fourth-order valence-corrected chi connectivity index (χ4v) is 1.70. The third kappa shape index (κ3) is 2.27. The minimum Gasteiger partial charge on any atom is -0.371 e. The molecule has 0 amide bonds. The lowest BCUT2D eigenvalue weighted by Gasteiger charge is -2.28. The van der Waals surface area contributed by atoms with Gasteiger partial charge in [-0.15, -0.1) is 0 Å². The van der Waals surface area contributed by atoms with E-state index < -0.39 is 0 Å². The van der Waals surface area contributed by atoms with E-state index in [4.69, 9.17) is 16.3 Å². The highest BCUT2D eigenvalue weighted by molar-refractivity contribution is 6.30. The molecule has 1 aromatic rings. The second-order valence-electron chi connectivity index (χ2n) is 3.68. The van der Waals surface area contributed by atoms with Crippen LogP contribution < -0.4 is 5.32 Å². The third-order valence-corrected chi connectivity index (χ3v) is 2.69. The van der Waals surface area contributed by atoms with Crippen molar-refractivity contribution in [1.29, 1.82) is 0 Å². The zero-order valence-electron chi connectivity index (χ0n) is 8.16. The van der Waals surface area contributed by atoms with E-state index in [2.05, 4.69) is 12.2 Å². The van der Waals surface area contributed by atoms with Crippen LogP contribution in [-0.2, 0) is 4.74 Å². The van der Waals surface area contributed by atoms with Crippen molar-refractivity contribution < 1.29 is 4.74 Å². The maximum absolute atomic E-state index is 5.82. The SMILES string of the molecule is C[C@@H]1CO[C@@H](c2ccc(Cl)cc2)CN1. The number of morpholine rings is 1. The topological polar surface area (TPSA) is 21.3 Å². The van der Waals surface area contributed by atoms with Gasteiger partial charge in [0.25, 0.3) is 0 Å². The predicted molar refractivity (Wildman–Crippen MR) is 57.6 cm³/mol. The van der Waals surface area contributed by atoms with Crippen LogP contribution in [0, 0.1) is 0 Å². The number of hydrogen-bond donors (Lipinski definition) is 1. The van der Waals surface area contributed by atoms with Gasteiger partial charge in [0.05, 0.1) is 12.7 Å². The molecule has 1 aliphatic rings. The molecular weight excluding hydrogens is 198 g/mol. The van der Waals surface area contributed by atoms with E-state index in [1.54, 1.807) is 0 Å². The first-order valence-corrected chi connectivity index (χ1v) is 5.24. The first-order chi connectivity index (χ1) is 6.75. The van der Waals surface area contributed by atoms with Gasteiger partial charge >= 0.3 is 0 Å². The zero-order valence-corrected chi connectivity index (χ0v) is 8.92. The molecule has 0 spiro atoms. The summed E-state index contributed by atoms with van der Waals surface area (Å²) < 4.78 is 5.71. The van der Waals surface area contributed by atoms with Crippen LogP contribution in [0.2, 0.25) is 5.02 Å². The van der Waals surface area contributed by atoms with Crippen LogP contribution in [0.5, 0.6) is 0 Å². The van der Waals surface area contributed by atoms with Gasteiger partial charge in [-0.1, -0.05) is 23.7 Å². The average Bonchev–Trinajstić information content (AvgIpc) is 2.21. The summed E-state index contributed by atoms with van der Waals surface area (Å²) in [5, 5.41) is 4.16. The Morgan fingerprint density at radius 2 is 2.07 bits per heavy atom. The molecule has 1 aliphatic heterocycles. The summed E-state index contributed by atoms with van der Waals surface area (Å²) in [4.78, 5) is 0. The number of nitrogens with one attached hydrogen (secondary N) is 1. The van der Waals surface area contributed by atoms with Crippen molar-refractivity contribution in [1.82, 2.24) is 5.32 Å². The van der Waals surface area contributed by atoms with Gasteiger partial charge in [0.2, 0.25) is 0 Å². The Labute approximate surface area is 89.2 Å². The average molecular weight is 212 g/mol. The van der Waals surface area contributed by atoms with Crippen molar-refractivity contribution in [2.75, 3.05) is 13.2 Å². The molecule has 2 nitrogen and oxygen atoms in total. The molecule has 2 atom stereocenters. The third-order valence-electron chi connectivity index (χ3n) is 2.44. The second-order valence-corrected chi connectivity index (χ2v) is 4.12. The Balaban J connectivity index is 2.05. The van der Waals surface area contributed by atoms with Gasteiger partial charge < -0.3 is 10.1 Å². The first-order valence-electron chi connectivity index (χ1n) is 4.86. The van der Waals surface area contributed by atoms with Crippen LogP contribution in [0.15, 0.2) is 24.3 Å². The molecule has 0 aliphatic carbocycles. The molecule has 76 valence electrons. The van der Waals surface area contributed by atoms with Crippen molar-refractivity contribution in [2.45, 2.75) is 19.1 Å². The molecule has 1 aromatic carbocycles. The van der Waals surface area contributed by atoms with Crippen LogP contribution >= 0.6 is 11.6 Å². The number of halogens is 1. The van der Waals surface area contributed by atoms with E-state index in [0.717, 1.165) is 18.2 Å². The van der Waals surface area contributed by atoms with E-state index in [1.165, 1.54) is 5.56 Å². The molecule has 1 fully saturated rings. The normalized spacial score (nSPS) is 27.6. The first kappa shape index (κ1) is 9.97. The molecule has 0 saturated carbocycles. The molecule has 1 heterocycles. The molecule has 1 saturated heterocycles. The summed E-state index contributed by atoms with van der Waals surface area (Å²) in [6, 6.07) is 8.30. The highest BCUT2D eigenvalue weighted by Crippen LogP contribution is 2.21. The van der Waals surface area contributed by atoms with E-state index in [0.29, 0.717) is 6.04 Å². The molecule has 3 heteroatoms. The Bertz CT molecular complexity index is 291. The molecule has 0 bridgehead atoms.